The molecule has 1 aromatic carbocycles. The predicted octanol–water partition coefficient (Wildman–Crippen LogP) is 1.37. The van der Waals surface area contributed by atoms with Crippen LogP contribution in [0.3, 0.4) is 0 Å². The first-order valence-corrected chi connectivity index (χ1v) is 5.67. The fraction of sp³-hybridized carbons (Fsp3) is 0.250. The molecule has 0 spiro atoms. The smallest absolute Gasteiger partial charge is 0.335 e. The third-order valence-corrected chi connectivity index (χ3v) is 2.65. The van der Waals surface area contributed by atoms with Crippen molar-refractivity contribution in [3.05, 3.63) is 30.1 Å². The van der Waals surface area contributed by atoms with Gasteiger partial charge in [-0.1, -0.05) is 0 Å². The zero-order chi connectivity index (χ0) is 14.7. The Balaban J connectivity index is 2.28. The number of halogens is 2. The molecule has 2 rings (SSSR count). The van der Waals surface area contributed by atoms with Gasteiger partial charge >= 0.3 is 5.97 Å². The molecule has 8 heteroatoms. The van der Waals surface area contributed by atoms with Gasteiger partial charge in [-0.25, -0.2) is 23.5 Å². The molecule has 1 atom stereocenters. The number of rotatable bonds is 5. The molecule has 1 heterocycles. The molecule has 0 saturated heterocycles. The Labute approximate surface area is 112 Å². The van der Waals surface area contributed by atoms with Gasteiger partial charge in [0, 0.05) is 11.9 Å². The fourth-order valence-corrected chi connectivity index (χ4v) is 1.62. The van der Waals surface area contributed by atoms with Crippen molar-refractivity contribution in [3.63, 3.8) is 0 Å². The average Bonchev–Trinajstić information content (AvgIpc) is 2.43. The Hall–Kier alpha value is -2.35. The highest BCUT2D eigenvalue weighted by atomic mass is 19.3. The van der Waals surface area contributed by atoms with E-state index in [1.165, 1.54) is 24.5 Å². The van der Waals surface area contributed by atoms with E-state index in [4.69, 9.17) is 10.2 Å². The van der Waals surface area contributed by atoms with Crippen LogP contribution < -0.4 is 5.32 Å². The second kappa shape index (κ2) is 5.74. The van der Waals surface area contributed by atoms with Gasteiger partial charge in [-0.2, -0.15) is 0 Å². The number of aromatic carboxylic acids is 1. The van der Waals surface area contributed by atoms with Crippen molar-refractivity contribution in [2.45, 2.75) is 12.5 Å². The van der Waals surface area contributed by atoms with Crippen LogP contribution in [0.1, 0.15) is 10.4 Å². The highest BCUT2D eigenvalue weighted by Crippen LogP contribution is 2.20. The standard InChI is InChI=1S/C12H11F2N3O3/c13-10(14)9(18)4-15-11-7-2-1-6(12(19)20)3-8(7)16-5-17-11/h1-3,5,9-10,18H,4H2,(H,19,20)(H,15,16,17). The Morgan fingerprint density at radius 1 is 1.35 bits per heavy atom. The number of aromatic nitrogens is 2. The number of carboxylic acids is 1. The van der Waals surface area contributed by atoms with Crippen LogP contribution in [-0.4, -0.2) is 45.2 Å². The molecule has 0 aliphatic rings. The van der Waals surface area contributed by atoms with E-state index < -0.39 is 18.5 Å². The number of hydrogen-bond donors (Lipinski definition) is 3. The number of alkyl halides is 2. The van der Waals surface area contributed by atoms with E-state index in [0.717, 1.165) is 0 Å². The van der Waals surface area contributed by atoms with E-state index in [9.17, 15) is 13.6 Å². The highest BCUT2D eigenvalue weighted by Gasteiger charge is 2.17. The van der Waals surface area contributed by atoms with Crippen LogP contribution in [0.15, 0.2) is 24.5 Å². The molecule has 0 amide bonds. The van der Waals surface area contributed by atoms with E-state index in [1.807, 2.05) is 0 Å². The van der Waals surface area contributed by atoms with Gasteiger partial charge in [-0.05, 0) is 18.2 Å². The monoisotopic (exact) mass is 283 g/mol. The summed E-state index contributed by atoms with van der Waals surface area (Å²) in [7, 11) is 0. The van der Waals surface area contributed by atoms with Crippen molar-refractivity contribution < 1.29 is 23.8 Å². The first-order valence-electron chi connectivity index (χ1n) is 5.67. The van der Waals surface area contributed by atoms with Crippen molar-refractivity contribution in [1.29, 1.82) is 0 Å². The van der Waals surface area contributed by atoms with Gasteiger partial charge < -0.3 is 15.5 Å². The first kappa shape index (κ1) is 14.1. The number of carbonyl (C=O) groups is 1. The van der Waals surface area contributed by atoms with Crippen molar-refractivity contribution in [3.8, 4) is 0 Å². The number of nitrogens with zero attached hydrogens (tertiary/aromatic N) is 2. The van der Waals surface area contributed by atoms with Gasteiger partial charge in [0.05, 0.1) is 11.1 Å². The summed E-state index contributed by atoms with van der Waals surface area (Å²) in [6.07, 6.45) is -3.47. The van der Waals surface area contributed by atoms with Gasteiger partial charge in [0.2, 0.25) is 0 Å². The highest BCUT2D eigenvalue weighted by molar-refractivity contribution is 5.96. The number of nitrogens with one attached hydrogen (secondary N) is 1. The van der Waals surface area contributed by atoms with Crippen molar-refractivity contribution >= 4 is 22.7 Å². The average molecular weight is 283 g/mol. The number of benzene rings is 1. The Morgan fingerprint density at radius 3 is 2.75 bits per heavy atom. The minimum Gasteiger partial charge on any atom is -0.478 e. The lowest BCUT2D eigenvalue weighted by Crippen LogP contribution is -2.27. The van der Waals surface area contributed by atoms with E-state index in [-0.39, 0.29) is 17.9 Å². The lowest BCUT2D eigenvalue weighted by Gasteiger charge is -2.12. The Bertz CT molecular complexity index is 636. The van der Waals surface area contributed by atoms with Crippen molar-refractivity contribution in [2.75, 3.05) is 11.9 Å². The molecule has 106 valence electrons. The van der Waals surface area contributed by atoms with Crippen LogP contribution in [0.4, 0.5) is 14.6 Å². The van der Waals surface area contributed by atoms with Crippen molar-refractivity contribution in [1.82, 2.24) is 9.97 Å². The molecule has 0 saturated carbocycles. The predicted molar refractivity (Wildman–Crippen MR) is 67.0 cm³/mol. The molecule has 2 aromatic rings. The number of fused-ring (bicyclic) bond motifs is 1. The fourth-order valence-electron chi connectivity index (χ4n) is 1.62. The molecule has 20 heavy (non-hydrogen) atoms. The summed E-state index contributed by atoms with van der Waals surface area (Å²) in [4.78, 5) is 18.7. The van der Waals surface area contributed by atoms with Gasteiger partial charge in [-0.15, -0.1) is 0 Å². The summed E-state index contributed by atoms with van der Waals surface area (Å²) >= 11 is 0. The number of hydrogen-bond acceptors (Lipinski definition) is 5. The van der Waals surface area contributed by atoms with E-state index in [2.05, 4.69) is 15.3 Å². The summed E-state index contributed by atoms with van der Waals surface area (Å²) in [6.45, 7) is -0.371. The first-order chi connectivity index (χ1) is 9.49. The van der Waals surface area contributed by atoms with E-state index in [1.54, 1.807) is 0 Å². The molecule has 0 aliphatic carbocycles. The van der Waals surface area contributed by atoms with Gasteiger partial charge in [-0.3, -0.25) is 0 Å². The Kier molecular flexibility index (Phi) is 4.04. The van der Waals surface area contributed by atoms with Crippen LogP contribution in [0, 0.1) is 0 Å². The minimum absolute atomic E-state index is 0.0646. The van der Waals surface area contributed by atoms with Crippen LogP contribution in [0.2, 0.25) is 0 Å². The van der Waals surface area contributed by atoms with Gasteiger partial charge in [0.1, 0.15) is 18.2 Å². The molecule has 0 aliphatic heterocycles. The number of aliphatic hydroxyl groups is 1. The summed E-state index contributed by atoms with van der Waals surface area (Å²) in [5, 5.41) is 21.0. The lowest BCUT2D eigenvalue weighted by atomic mass is 10.1. The van der Waals surface area contributed by atoms with Gasteiger partial charge in [0.25, 0.3) is 6.43 Å². The van der Waals surface area contributed by atoms with Gasteiger partial charge in [0.15, 0.2) is 0 Å². The van der Waals surface area contributed by atoms with E-state index in [0.29, 0.717) is 10.9 Å². The molecule has 0 radical (unpaired) electrons. The normalized spacial score (nSPS) is 12.6. The van der Waals surface area contributed by atoms with Crippen LogP contribution in [0.5, 0.6) is 0 Å². The topological polar surface area (TPSA) is 95.3 Å². The van der Waals surface area contributed by atoms with Crippen molar-refractivity contribution in [2.24, 2.45) is 0 Å². The zero-order valence-corrected chi connectivity index (χ0v) is 10.1. The summed E-state index contributed by atoms with van der Waals surface area (Å²) < 4.78 is 24.4. The minimum atomic E-state index is -2.85. The summed E-state index contributed by atoms with van der Waals surface area (Å²) in [5.74, 6) is -0.834. The van der Waals surface area contributed by atoms with Crippen LogP contribution >= 0.6 is 0 Å². The number of anilines is 1. The summed E-state index contributed by atoms with van der Waals surface area (Å²) in [6, 6.07) is 4.20. The molecule has 1 unspecified atom stereocenters. The molecule has 0 fully saturated rings. The largest absolute Gasteiger partial charge is 0.478 e. The SMILES string of the molecule is O=C(O)c1ccc2c(NCC(O)C(F)F)ncnc2c1. The quantitative estimate of drug-likeness (QED) is 0.767. The maximum Gasteiger partial charge on any atom is 0.335 e. The molecular formula is C12H11F2N3O3. The molecule has 0 bridgehead atoms. The number of carboxylic acid groups (broad SMARTS) is 1. The lowest BCUT2D eigenvalue weighted by molar-refractivity contribution is 0.00382. The molecule has 3 N–H and O–H groups in total. The second-order valence-electron chi connectivity index (χ2n) is 4.04. The third kappa shape index (κ3) is 2.97. The summed E-state index contributed by atoms with van der Waals surface area (Å²) in [5.41, 5.74) is 0.434. The third-order valence-electron chi connectivity index (χ3n) is 2.65. The maximum atomic E-state index is 12.2. The maximum absolute atomic E-state index is 12.2. The molecule has 6 nitrogen and oxygen atoms in total. The second-order valence-corrected chi connectivity index (χ2v) is 4.04. The number of aliphatic hydroxyl groups excluding tert-OH is 1. The molecule has 1 aromatic heterocycles. The Morgan fingerprint density at radius 2 is 2.10 bits per heavy atom. The zero-order valence-electron chi connectivity index (χ0n) is 10.1. The van der Waals surface area contributed by atoms with E-state index >= 15 is 0 Å². The van der Waals surface area contributed by atoms with Crippen LogP contribution in [-0.2, 0) is 0 Å². The van der Waals surface area contributed by atoms with Crippen LogP contribution in [0.25, 0.3) is 10.9 Å². The molecular weight excluding hydrogens is 272 g/mol.